The summed E-state index contributed by atoms with van der Waals surface area (Å²) < 4.78 is 10.7. The SMILES string of the molecule is Cl.O=C(c1ccc2c(c1)OCO2)N1CCN(C(=O)C2CC3CCCCC3N2)CC1. The van der Waals surface area contributed by atoms with E-state index in [1.54, 1.807) is 18.2 Å². The second-order valence-corrected chi connectivity index (χ2v) is 8.29. The number of ether oxygens (including phenoxy) is 2. The van der Waals surface area contributed by atoms with Crippen molar-refractivity contribution < 1.29 is 19.1 Å². The number of fused-ring (bicyclic) bond motifs is 2. The Labute approximate surface area is 177 Å². The van der Waals surface area contributed by atoms with Crippen LogP contribution in [-0.4, -0.2) is 66.7 Å². The molecular weight excluding hydrogens is 394 g/mol. The van der Waals surface area contributed by atoms with Gasteiger partial charge < -0.3 is 24.6 Å². The van der Waals surface area contributed by atoms with Crippen LogP contribution >= 0.6 is 12.4 Å². The molecule has 7 nitrogen and oxygen atoms in total. The third-order valence-corrected chi connectivity index (χ3v) is 6.66. The van der Waals surface area contributed by atoms with E-state index < -0.39 is 0 Å². The first-order chi connectivity index (χ1) is 13.7. The van der Waals surface area contributed by atoms with Crippen LogP contribution in [-0.2, 0) is 4.79 Å². The molecule has 29 heavy (non-hydrogen) atoms. The summed E-state index contributed by atoms with van der Waals surface area (Å²) >= 11 is 0. The summed E-state index contributed by atoms with van der Waals surface area (Å²) in [6, 6.07) is 5.78. The van der Waals surface area contributed by atoms with Gasteiger partial charge in [0.15, 0.2) is 11.5 Å². The second-order valence-electron chi connectivity index (χ2n) is 8.29. The summed E-state index contributed by atoms with van der Waals surface area (Å²) in [6.07, 6.45) is 5.99. The predicted molar refractivity (Wildman–Crippen MR) is 110 cm³/mol. The fourth-order valence-corrected chi connectivity index (χ4v) is 5.07. The Bertz CT molecular complexity index is 767. The van der Waals surface area contributed by atoms with Crippen LogP contribution in [0.2, 0.25) is 0 Å². The highest BCUT2D eigenvalue weighted by Crippen LogP contribution is 2.34. The molecule has 158 valence electrons. The number of amides is 2. The van der Waals surface area contributed by atoms with E-state index in [4.69, 9.17) is 9.47 Å². The number of rotatable bonds is 2. The van der Waals surface area contributed by atoms with E-state index in [0.29, 0.717) is 55.2 Å². The number of piperazine rings is 1. The highest BCUT2D eigenvalue weighted by molar-refractivity contribution is 5.95. The predicted octanol–water partition coefficient (Wildman–Crippen LogP) is 2.04. The van der Waals surface area contributed by atoms with E-state index in [1.807, 2.05) is 9.80 Å². The maximum absolute atomic E-state index is 12.9. The first kappa shape index (κ1) is 20.3. The summed E-state index contributed by atoms with van der Waals surface area (Å²) in [5.74, 6) is 2.15. The lowest BCUT2D eigenvalue weighted by Gasteiger charge is -2.36. The Morgan fingerprint density at radius 3 is 2.48 bits per heavy atom. The minimum Gasteiger partial charge on any atom is -0.454 e. The van der Waals surface area contributed by atoms with Gasteiger partial charge in [0.2, 0.25) is 12.7 Å². The molecule has 5 rings (SSSR count). The number of nitrogens with one attached hydrogen (secondary N) is 1. The van der Waals surface area contributed by atoms with Gasteiger partial charge >= 0.3 is 0 Å². The molecule has 0 radical (unpaired) electrons. The summed E-state index contributed by atoms with van der Waals surface area (Å²) in [5, 5.41) is 3.58. The van der Waals surface area contributed by atoms with Crippen LogP contribution in [0.5, 0.6) is 11.5 Å². The van der Waals surface area contributed by atoms with Crippen molar-refractivity contribution in [1.82, 2.24) is 15.1 Å². The molecule has 1 N–H and O–H groups in total. The fraction of sp³-hybridized carbons (Fsp3) is 0.619. The normalized spacial score (nSPS) is 27.9. The van der Waals surface area contributed by atoms with Crippen LogP contribution in [0, 0.1) is 5.92 Å². The Balaban J connectivity index is 0.00000205. The van der Waals surface area contributed by atoms with Gasteiger partial charge in [-0.1, -0.05) is 12.8 Å². The van der Waals surface area contributed by atoms with Crippen LogP contribution in [0.15, 0.2) is 18.2 Å². The molecule has 2 amide bonds. The number of hydrogen-bond acceptors (Lipinski definition) is 5. The highest BCUT2D eigenvalue weighted by Gasteiger charge is 2.40. The Morgan fingerprint density at radius 2 is 1.69 bits per heavy atom. The first-order valence-corrected chi connectivity index (χ1v) is 10.4. The number of hydrogen-bond donors (Lipinski definition) is 1. The fourth-order valence-electron chi connectivity index (χ4n) is 5.07. The van der Waals surface area contributed by atoms with Crippen LogP contribution in [0.25, 0.3) is 0 Å². The molecule has 0 aromatic heterocycles. The van der Waals surface area contributed by atoms with E-state index >= 15 is 0 Å². The average molecular weight is 422 g/mol. The molecular formula is C21H28ClN3O4. The molecule has 3 unspecified atom stereocenters. The molecule has 3 heterocycles. The topological polar surface area (TPSA) is 71.1 Å². The molecule has 3 aliphatic heterocycles. The smallest absolute Gasteiger partial charge is 0.254 e. The van der Waals surface area contributed by atoms with Crippen LogP contribution in [0.1, 0.15) is 42.5 Å². The van der Waals surface area contributed by atoms with Crippen LogP contribution < -0.4 is 14.8 Å². The summed E-state index contributed by atoms with van der Waals surface area (Å²) in [5.41, 5.74) is 0.602. The maximum atomic E-state index is 12.9. The van der Waals surface area contributed by atoms with E-state index in [1.165, 1.54) is 25.7 Å². The summed E-state index contributed by atoms with van der Waals surface area (Å²) in [4.78, 5) is 29.5. The minimum absolute atomic E-state index is 0. The van der Waals surface area contributed by atoms with E-state index in [0.717, 1.165) is 6.42 Å². The second kappa shape index (κ2) is 8.40. The number of carbonyl (C=O) groups excluding carboxylic acids is 2. The standard InChI is InChI=1S/C21H27N3O4.ClH/c25-20(15-5-6-18-19(12-15)28-13-27-18)23-7-9-24(10-8-23)21(26)17-11-14-3-1-2-4-16(14)22-17;/h5-6,12,14,16-17,22H,1-4,7-11,13H2;1H. The molecule has 1 saturated carbocycles. The zero-order valence-electron chi connectivity index (χ0n) is 16.5. The van der Waals surface area contributed by atoms with Crippen molar-refractivity contribution in [1.29, 1.82) is 0 Å². The molecule has 1 aromatic carbocycles. The van der Waals surface area contributed by atoms with Crippen LogP contribution in [0.4, 0.5) is 0 Å². The molecule has 0 bridgehead atoms. The van der Waals surface area contributed by atoms with Gasteiger partial charge in [0.25, 0.3) is 5.91 Å². The lowest BCUT2D eigenvalue weighted by molar-refractivity contribution is -0.134. The lowest BCUT2D eigenvalue weighted by Crippen LogP contribution is -2.54. The van der Waals surface area contributed by atoms with E-state index in [2.05, 4.69) is 5.32 Å². The molecule has 4 aliphatic rings. The van der Waals surface area contributed by atoms with Gasteiger partial charge in [-0.15, -0.1) is 12.4 Å². The Kier molecular flexibility index (Phi) is 5.88. The van der Waals surface area contributed by atoms with Crippen molar-refractivity contribution in [2.45, 2.75) is 44.2 Å². The van der Waals surface area contributed by atoms with Gasteiger partial charge in [0.1, 0.15) is 0 Å². The number of nitrogens with zero attached hydrogens (tertiary/aromatic N) is 2. The quantitative estimate of drug-likeness (QED) is 0.791. The number of halogens is 1. The van der Waals surface area contributed by atoms with Gasteiger partial charge in [-0.25, -0.2) is 0 Å². The summed E-state index contributed by atoms with van der Waals surface area (Å²) in [6.45, 7) is 2.53. The van der Waals surface area contributed by atoms with Gasteiger partial charge in [-0.2, -0.15) is 0 Å². The molecule has 1 aliphatic carbocycles. The monoisotopic (exact) mass is 421 g/mol. The van der Waals surface area contributed by atoms with Crippen molar-refractivity contribution >= 4 is 24.2 Å². The van der Waals surface area contributed by atoms with Gasteiger partial charge in [0, 0.05) is 37.8 Å². The molecule has 0 spiro atoms. The first-order valence-electron chi connectivity index (χ1n) is 10.4. The van der Waals surface area contributed by atoms with Crippen molar-refractivity contribution in [3.05, 3.63) is 23.8 Å². The van der Waals surface area contributed by atoms with Crippen molar-refractivity contribution in [2.24, 2.45) is 5.92 Å². The van der Waals surface area contributed by atoms with Gasteiger partial charge in [-0.3, -0.25) is 9.59 Å². The van der Waals surface area contributed by atoms with Crippen molar-refractivity contribution in [2.75, 3.05) is 33.0 Å². The number of benzene rings is 1. The Hall–Kier alpha value is -1.99. The maximum Gasteiger partial charge on any atom is 0.254 e. The molecule has 1 aromatic rings. The average Bonchev–Trinajstić information content (AvgIpc) is 3.39. The van der Waals surface area contributed by atoms with E-state index in [9.17, 15) is 9.59 Å². The zero-order chi connectivity index (χ0) is 19.1. The lowest BCUT2D eigenvalue weighted by atomic mass is 9.85. The number of carbonyl (C=O) groups is 2. The minimum atomic E-state index is -0.0378. The summed E-state index contributed by atoms with van der Waals surface area (Å²) in [7, 11) is 0. The zero-order valence-corrected chi connectivity index (χ0v) is 17.3. The van der Waals surface area contributed by atoms with Gasteiger partial charge in [0.05, 0.1) is 6.04 Å². The Morgan fingerprint density at radius 1 is 0.966 bits per heavy atom. The molecule has 3 fully saturated rings. The highest BCUT2D eigenvalue weighted by atomic mass is 35.5. The van der Waals surface area contributed by atoms with Crippen LogP contribution in [0.3, 0.4) is 0 Å². The largest absolute Gasteiger partial charge is 0.454 e. The molecule has 2 saturated heterocycles. The van der Waals surface area contributed by atoms with Gasteiger partial charge in [-0.05, 0) is 43.4 Å². The molecule has 8 heteroatoms. The van der Waals surface area contributed by atoms with Crippen molar-refractivity contribution in [3.8, 4) is 11.5 Å². The molecule has 3 atom stereocenters. The van der Waals surface area contributed by atoms with Crippen molar-refractivity contribution in [3.63, 3.8) is 0 Å². The third-order valence-electron chi connectivity index (χ3n) is 6.66. The third kappa shape index (κ3) is 3.90. The van der Waals surface area contributed by atoms with E-state index in [-0.39, 0.29) is 37.1 Å².